The molecule has 0 bridgehead atoms. The van der Waals surface area contributed by atoms with Gasteiger partial charge in [0.15, 0.2) is 0 Å². The topological polar surface area (TPSA) is 12.0 Å². The van der Waals surface area contributed by atoms with Crippen LogP contribution in [0.2, 0.25) is 5.02 Å². The highest BCUT2D eigenvalue weighted by atomic mass is 35.5. The molecule has 0 saturated carbocycles. The fourth-order valence-corrected chi connectivity index (χ4v) is 1.92. The number of halogens is 1. The molecule has 2 heteroatoms. The van der Waals surface area contributed by atoms with Crippen LogP contribution in [0.5, 0.6) is 0 Å². The molecule has 0 aliphatic carbocycles. The lowest BCUT2D eigenvalue weighted by Crippen LogP contribution is -1.99. The van der Waals surface area contributed by atoms with Crippen LogP contribution in [0.15, 0.2) is 18.2 Å². The Bertz CT molecular complexity index is 296. The summed E-state index contributed by atoms with van der Waals surface area (Å²) in [4.78, 5) is 0. The van der Waals surface area contributed by atoms with E-state index in [1.165, 1.54) is 17.7 Å². The maximum absolute atomic E-state index is 5.92. The number of hydrogen-bond donors (Lipinski definition) is 1. The molecule has 1 heterocycles. The molecule has 0 saturated heterocycles. The second-order valence-electron chi connectivity index (χ2n) is 3.22. The van der Waals surface area contributed by atoms with Crippen molar-refractivity contribution in [3.63, 3.8) is 0 Å². The van der Waals surface area contributed by atoms with Gasteiger partial charge in [0.25, 0.3) is 0 Å². The minimum Gasteiger partial charge on any atom is -0.384 e. The highest BCUT2D eigenvalue weighted by molar-refractivity contribution is 6.30. The monoisotopic (exact) mass is 181 g/mol. The molecule has 1 aliphatic heterocycles. The first-order chi connectivity index (χ1) is 5.81. The smallest absolute Gasteiger partial charge is 0.0410 e. The number of anilines is 1. The normalized spacial score (nSPS) is 20.3. The summed E-state index contributed by atoms with van der Waals surface area (Å²) in [5.41, 5.74) is 2.64. The molecule has 64 valence electrons. The molecule has 0 aromatic heterocycles. The minimum absolute atomic E-state index is 0.652. The molecule has 1 nitrogen and oxygen atoms in total. The van der Waals surface area contributed by atoms with Crippen LogP contribution in [0, 0.1) is 0 Å². The van der Waals surface area contributed by atoms with Gasteiger partial charge in [0.2, 0.25) is 0 Å². The van der Waals surface area contributed by atoms with Gasteiger partial charge in [-0.25, -0.2) is 0 Å². The lowest BCUT2D eigenvalue weighted by Gasteiger charge is -2.05. The van der Waals surface area contributed by atoms with Gasteiger partial charge in [-0.15, -0.1) is 0 Å². The van der Waals surface area contributed by atoms with Gasteiger partial charge in [0.1, 0.15) is 0 Å². The van der Waals surface area contributed by atoms with Crippen molar-refractivity contribution >= 4 is 17.3 Å². The van der Waals surface area contributed by atoms with Crippen LogP contribution >= 0.6 is 11.6 Å². The maximum Gasteiger partial charge on any atom is 0.0410 e. The van der Waals surface area contributed by atoms with Crippen LogP contribution in [-0.4, -0.2) is 6.54 Å². The zero-order valence-corrected chi connectivity index (χ0v) is 7.86. The van der Waals surface area contributed by atoms with Crippen molar-refractivity contribution in [2.75, 3.05) is 11.9 Å². The van der Waals surface area contributed by atoms with Gasteiger partial charge in [-0.1, -0.05) is 18.5 Å². The summed E-state index contributed by atoms with van der Waals surface area (Å²) in [5.74, 6) is 0.652. The third-order valence-corrected chi connectivity index (χ3v) is 2.72. The van der Waals surface area contributed by atoms with E-state index in [2.05, 4.69) is 24.4 Å². The van der Waals surface area contributed by atoms with Crippen LogP contribution in [0.4, 0.5) is 5.69 Å². The molecule has 1 aromatic carbocycles. The second kappa shape index (κ2) is 2.98. The number of fused-ring (bicyclic) bond motifs is 1. The first kappa shape index (κ1) is 7.93. The maximum atomic E-state index is 5.92. The summed E-state index contributed by atoms with van der Waals surface area (Å²) < 4.78 is 0. The fourth-order valence-electron chi connectivity index (χ4n) is 1.74. The summed E-state index contributed by atoms with van der Waals surface area (Å²) in [6.45, 7) is 3.27. The van der Waals surface area contributed by atoms with Crippen molar-refractivity contribution in [2.45, 2.75) is 19.3 Å². The van der Waals surface area contributed by atoms with E-state index >= 15 is 0 Å². The molecule has 1 unspecified atom stereocenters. The summed E-state index contributed by atoms with van der Waals surface area (Å²) in [7, 11) is 0. The number of benzene rings is 1. The molecule has 1 aromatic rings. The van der Waals surface area contributed by atoms with E-state index in [9.17, 15) is 0 Å². The van der Waals surface area contributed by atoms with E-state index in [0.29, 0.717) is 5.92 Å². The van der Waals surface area contributed by atoms with E-state index in [1.54, 1.807) is 0 Å². The van der Waals surface area contributed by atoms with Crippen molar-refractivity contribution in [2.24, 2.45) is 0 Å². The Morgan fingerprint density at radius 1 is 1.58 bits per heavy atom. The van der Waals surface area contributed by atoms with E-state index in [4.69, 9.17) is 11.6 Å². The summed E-state index contributed by atoms with van der Waals surface area (Å²) >= 11 is 5.92. The Hall–Kier alpha value is -0.690. The Kier molecular flexibility index (Phi) is 1.97. The highest BCUT2D eigenvalue weighted by Gasteiger charge is 2.19. The van der Waals surface area contributed by atoms with Crippen LogP contribution < -0.4 is 5.32 Å². The Labute approximate surface area is 77.7 Å². The summed E-state index contributed by atoms with van der Waals surface area (Å²) in [6, 6.07) is 6.07. The van der Waals surface area contributed by atoms with Gasteiger partial charge in [0, 0.05) is 23.2 Å². The van der Waals surface area contributed by atoms with Crippen LogP contribution in [0.25, 0.3) is 0 Å². The number of rotatable bonds is 1. The molecule has 0 fully saturated rings. The molecule has 0 amide bonds. The van der Waals surface area contributed by atoms with E-state index in [0.717, 1.165) is 11.6 Å². The van der Waals surface area contributed by atoms with Gasteiger partial charge >= 0.3 is 0 Å². The predicted molar refractivity (Wildman–Crippen MR) is 53.0 cm³/mol. The zero-order valence-electron chi connectivity index (χ0n) is 7.10. The second-order valence-corrected chi connectivity index (χ2v) is 3.65. The average Bonchev–Trinajstić information content (AvgIpc) is 2.46. The molecule has 0 radical (unpaired) electrons. The van der Waals surface area contributed by atoms with Crippen LogP contribution in [0.3, 0.4) is 0 Å². The fraction of sp³-hybridized carbons (Fsp3) is 0.400. The number of hydrogen-bond acceptors (Lipinski definition) is 1. The third-order valence-electron chi connectivity index (χ3n) is 2.49. The zero-order chi connectivity index (χ0) is 8.55. The van der Waals surface area contributed by atoms with Crippen LogP contribution in [-0.2, 0) is 0 Å². The standard InChI is InChI=1S/C10H12ClN/c1-2-7-6-12-10-4-3-8(11)5-9(7)10/h3-5,7,12H,2,6H2,1H3. The van der Waals surface area contributed by atoms with Crippen molar-refractivity contribution in [1.29, 1.82) is 0 Å². The average molecular weight is 182 g/mol. The molecule has 1 N–H and O–H groups in total. The predicted octanol–water partition coefficient (Wildman–Crippen LogP) is 3.26. The Morgan fingerprint density at radius 2 is 2.42 bits per heavy atom. The van der Waals surface area contributed by atoms with Crippen molar-refractivity contribution in [3.8, 4) is 0 Å². The molecular formula is C10H12ClN. The molecule has 1 atom stereocenters. The lowest BCUT2D eigenvalue weighted by molar-refractivity contribution is 0.727. The summed E-state index contributed by atoms with van der Waals surface area (Å²) in [6.07, 6.45) is 1.18. The van der Waals surface area contributed by atoms with E-state index < -0.39 is 0 Å². The minimum atomic E-state index is 0.652. The molecule has 2 rings (SSSR count). The first-order valence-electron chi connectivity index (χ1n) is 4.34. The Morgan fingerprint density at radius 3 is 3.17 bits per heavy atom. The van der Waals surface area contributed by atoms with Gasteiger partial charge < -0.3 is 5.32 Å². The van der Waals surface area contributed by atoms with Gasteiger partial charge in [-0.3, -0.25) is 0 Å². The highest BCUT2D eigenvalue weighted by Crippen LogP contribution is 2.34. The van der Waals surface area contributed by atoms with Crippen LogP contribution in [0.1, 0.15) is 24.8 Å². The van der Waals surface area contributed by atoms with Gasteiger partial charge in [0.05, 0.1) is 0 Å². The van der Waals surface area contributed by atoms with E-state index in [-0.39, 0.29) is 0 Å². The summed E-state index contributed by atoms with van der Waals surface area (Å²) in [5, 5.41) is 4.21. The largest absolute Gasteiger partial charge is 0.384 e. The third kappa shape index (κ3) is 1.18. The molecular weight excluding hydrogens is 170 g/mol. The van der Waals surface area contributed by atoms with Gasteiger partial charge in [-0.05, 0) is 30.2 Å². The Balaban J connectivity index is 2.42. The van der Waals surface area contributed by atoms with Crippen molar-refractivity contribution in [3.05, 3.63) is 28.8 Å². The van der Waals surface area contributed by atoms with Gasteiger partial charge in [-0.2, -0.15) is 0 Å². The lowest BCUT2D eigenvalue weighted by atomic mass is 9.99. The SMILES string of the molecule is CCC1CNc2ccc(Cl)cc21. The molecule has 0 spiro atoms. The van der Waals surface area contributed by atoms with Crippen molar-refractivity contribution < 1.29 is 0 Å². The van der Waals surface area contributed by atoms with E-state index in [1.807, 2.05) is 6.07 Å². The first-order valence-corrected chi connectivity index (χ1v) is 4.72. The van der Waals surface area contributed by atoms with Crippen molar-refractivity contribution in [1.82, 2.24) is 0 Å². The molecule has 1 aliphatic rings. The number of nitrogens with one attached hydrogen (secondary N) is 1. The molecule has 12 heavy (non-hydrogen) atoms. The quantitative estimate of drug-likeness (QED) is 0.702.